The molecular weight excluding hydrogens is 268 g/mol. The maximum atomic E-state index is 12.0. The summed E-state index contributed by atoms with van der Waals surface area (Å²) in [6.07, 6.45) is 2.62. The molecule has 1 amide bonds. The summed E-state index contributed by atoms with van der Waals surface area (Å²) in [5.74, 6) is 0.770. The highest BCUT2D eigenvalue weighted by Crippen LogP contribution is 2.18. The molecule has 1 fully saturated rings. The quantitative estimate of drug-likeness (QED) is 0.862. The molecule has 0 atom stereocenters. The number of carbonyl (C=O) groups is 2. The van der Waals surface area contributed by atoms with Crippen molar-refractivity contribution in [1.82, 2.24) is 9.88 Å². The van der Waals surface area contributed by atoms with Gasteiger partial charge in [-0.3, -0.25) is 14.6 Å². The second-order valence-electron chi connectivity index (χ2n) is 5.07. The van der Waals surface area contributed by atoms with Crippen molar-refractivity contribution in [3.63, 3.8) is 0 Å². The van der Waals surface area contributed by atoms with Crippen LogP contribution in [0.15, 0.2) is 36.5 Å². The van der Waals surface area contributed by atoms with Gasteiger partial charge in [-0.15, -0.1) is 0 Å². The number of Topliss-reactive ketones (excluding diaryl/α,β-unsaturated/α-hetero) is 1. The lowest BCUT2D eigenvalue weighted by atomic mass is 10.1. The second kappa shape index (κ2) is 5.91. The highest BCUT2D eigenvalue weighted by Gasteiger charge is 2.20. The van der Waals surface area contributed by atoms with Crippen LogP contribution in [0.3, 0.4) is 0 Å². The zero-order valence-electron chi connectivity index (χ0n) is 11.6. The van der Waals surface area contributed by atoms with Crippen LogP contribution in [0.25, 0.3) is 10.9 Å². The normalized spacial score (nSPS) is 15.2. The van der Waals surface area contributed by atoms with Gasteiger partial charge in [-0.1, -0.05) is 6.07 Å². The lowest BCUT2D eigenvalue weighted by Crippen LogP contribution is -2.41. The summed E-state index contributed by atoms with van der Waals surface area (Å²) in [5.41, 5.74) is 0.839. The van der Waals surface area contributed by atoms with Crippen molar-refractivity contribution in [1.29, 1.82) is 0 Å². The van der Waals surface area contributed by atoms with E-state index in [0.29, 0.717) is 31.7 Å². The van der Waals surface area contributed by atoms with Crippen LogP contribution < -0.4 is 4.74 Å². The number of rotatable bonds is 3. The first-order chi connectivity index (χ1) is 10.2. The summed E-state index contributed by atoms with van der Waals surface area (Å²) in [7, 11) is 0. The Morgan fingerprint density at radius 2 is 2.05 bits per heavy atom. The Bertz CT molecular complexity index is 674. The van der Waals surface area contributed by atoms with Gasteiger partial charge in [-0.05, 0) is 18.2 Å². The fraction of sp³-hybridized carbons (Fsp3) is 0.312. The number of benzene rings is 1. The Labute approximate surface area is 122 Å². The van der Waals surface area contributed by atoms with Crippen LogP contribution in [0.2, 0.25) is 0 Å². The fourth-order valence-electron chi connectivity index (χ4n) is 2.38. The van der Waals surface area contributed by atoms with E-state index in [4.69, 9.17) is 4.74 Å². The molecule has 1 aliphatic heterocycles. The molecule has 2 heterocycles. The van der Waals surface area contributed by atoms with Gasteiger partial charge in [0.2, 0.25) is 0 Å². The van der Waals surface area contributed by atoms with Gasteiger partial charge in [0.15, 0.2) is 6.61 Å². The lowest BCUT2D eigenvalue weighted by molar-refractivity contribution is -0.136. The topological polar surface area (TPSA) is 59.5 Å². The molecule has 0 saturated carbocycles. The van der Waals surface area contributed by atoms with E-state index in [-0.39, 0.29) is 18.3 Å². The maximum absolute atomic E-state index is 12.0. The molecule has 5 heteroatoms. The van der Waals surface area contributed by atoms with Crippen molar-refractivity contribution in [2.45, 2.75) is 12.8 Å². The summed E-state index contributed by atoms with van der Waals surface area (Å²) in [5, 5.41) is 1.03. The number of hydrogen-bond donors (Lipinski definition) is 0. The number of ether oxygens (including phenoxy) is 1. The maximum Gasteiger partial charge on any atom is 0.260 e. The van der Waals surface area contributed by atoms with Crippen molar-refractivity contribution in [3.05, 3.63) is 36.5 Å². The minimum Gasteiger partial charge on any atom is -0.484 e. The minimum atomic E-state index is -0.0800. The van der Waals surface area contributed by atoms with Crippen molar-refractivity contribution < 1.29 is 14.3 Å². The molecule has 0 radical (unpaired) electrons. The number of likely N-dealkylation sites (tertiary alicyclic amines) is 1. The molecule has 0 aliphatic carbocycles. The Hall–Kier alpha value is -2.43. The molecule has 1 saturated heterocycles. The van der Waals surface area contributed by atoms with E-state index in [1.54, 1.807) is 11.1 Å². The van der Waals surface area contributed by atoms with Gasteiger partial charge in [0, 0.05) is 43.6 Å². The summed E-state index contributed by atoms with van der Waals surface area (Å²) >= 11 is 0. The molecule has 0 N–H and O–H groups in total. The van der Waals surface area contributed by atoms with Crippen LogP contribution in [0.4, 0.5) is 0 Å². The van der Waals surface area contributed by atoms with E-state index in [9.17, 15) is 9.59 Å². The highest BCUT2D eigenvalue weighted by molar-refractivity contribution is 5.84. The van der Waals surface area contributed by atoms with Gasteiger partial charge in [-0.2, -0.15) is 0 Å². The van der Waals surface area contributed by atoms with E-state index < -0.39 is 0 Å². The first-order valence-corrected chi connectivity index (χ1v) is 6.99. The van der Waals surface area contributed by atoms with Gasteiger partial charge in [0.1, 0.15) is 11.5 Å². The number of ketones is 1. The molecule has 3 rings (SSSR count). The number of pyridine rings is 1. The summed E-state index contributed by atoms with van der Waals surface area (Å²) < 4.78 is 5.54. The van der Waals surface area contributed by atoms with E-state index in [2.05, 4.69) is 4.98 Å². The van der Waals surface area contributed by atoms with E-state index >= 15 is 0 Å². The SMILES string of the molecule is O=C1CCN(C(=O)COc2ccc3cccnc3c2)CC1. The first-order valence-electron chi connectivity index (χ1n) is 6.99. The van der Waals surface area contributed by atoms with Crippen LogP contribution >= 0.6 is 0 Å². The van der Waals surface area contributed by atoms with Gasteiger partial charge >= 0.3 is 0 Å². The van der Waals surface area contributed by atoms with Gasteiger partial charge in [0.05, 0.1) is 5.52 Å². The summed E-state index contributed by atoms with van der Waals surface area (Å²) in [6.45, 7) is 0.993. The van der Waals surface area contributed by atoms with Crippen LogP contribution in [0.5, 0.6) is 5.75 Å². The standard InChI is InChI=1S/C16H16N2O3/c19-13-5-8-18(9-6-13)16(20)11-21-14-4-3-12-2-1-7-17-15(12)10-14/h1-4,7,10H,5-6,8-9,11H2. The Kier molecular flexibility index (Phi) is 3.81. The predicted octanol–water partition coefficient (Wildman–Crippen LogP) is 1.81. The monoisotopic (exact) mass is 284 g/mol. The third-order valence-corrected chi connectivity index (χ3v) is 3.61. The average Bonchev–Trinajstić information content (AvgIpc) is 2.53. The molecule has 0 unspecified atom stereocenters. The Morgan fingerprint density at radius 3 is 2.86 bits per heavy atom. The van der Waals surface area contributed by atoms with Crippen molar-refractivity contribution in [2.75, 3.05) is 19.7 Å². The predicted molar refractivity (Wildman–Crippen MR) is 78.1 cm³/mol. The number of piperidine rings is 1. The molecule has 2 aromatic rings. The van der Waals surface area contributed by atoms with Crippen LogP contribution in [0.1, 0.15) is 12.8 Å². The largest absolute Gasteiger partial charge is 0.484 e. The Morgan fingerprint density at radius 1 is 1.24 bits per heavy atom. The van der Waals surface area contributed by atoms with Crippen molar-refractivity contribution in [3.8, 4) is 5.75 Å². The Balaban J connectivity index is 1.60. The molecule has 0 spiro atoms. The number of amides is 1. The number of nitrogens with zero attached hydrogens (tertiary/aromatic N) is 2. The van der Waals surface area contributed by atoms with E-state index in [1.807, 2.05) is 30.3 Å². The zero-order chi connectivity index (χ0) is 14.7. The third-order valence-electron chi connectivity index (χ3n) is 3.61. The van der Waals surface area contributed by atoms with E-state index in [0.717, 1.165) is 10.9 Å². The zero-order valence-corrected chi connectivity index (χ0v) is 11.6. The molecule has 21 heavy (non-hydrogen) atoms. The molecule has 0 bridgehead atoms. The minimum absolute atomic E-state index is 0.00741. The molecule has 5 nitrogen and oxygen atoms in total. The van der Waals surface area contributed by atoms with E-state index in [1.165, 1.54) is 0 Å². The first kappa shape index (κ1) is 13.5. The number of aromatic nitrogens is 1. The molecule has 1 aliphatic rings. The van der Waals surface area contributed by atoms with Crippen molar-refractivity contribution >= 4 is 22.6 Å². The van der Waals surface area contributed by atoms with Crippen molar-refractivity contribution in [2.24, 2.45) is 0 Å². The summed E-state index contributed by atoms with van der Waals surface area (Å²) in [6, 6.07) is 9.42. The second-order valence-corrected chi connectivity index (χ2v) is 5.07. The number of fused-ring (bicyclic) bond motifs is 1. The van der Waals surface area contributed by atoms with Gasteiger partial charge in [-0.25, -0.2) is 0 Å². The average molecular weight is 284 g/mol. The number of carbonyl (C=O) groups excluding carboxylic acids is 2. The highest BCUT2D eigenvalue weighted by atomic mass is 16.5. The molecule has 1 aromatic carbocycles. The van der Waals surface area contributed by atoms with Gasteiger partial charge < -0.3 is 9.64 Å². The molecule has 1 aromatic heterocycles. The third kappa shape index (κ3) is 3.18. The smallest absolute Gasteiger partial charge is 0.260 e. The number of hydrogen-bond acceptors (Lipinski definition) is 4. The fourth-order valence-corrected chi connectivity index (χ4v) is 2.38. The molecule has 108 valence electrons. The lowest BCUT2D eigenvalue weighted by Gasteiger charge is -2.25. The van der Waals surface area contributed by atoms with Gasteiger partial charge in [0.25, 0.3) is 5.91 Å². The molecular formula is C16H16N2O3. The van der Waals surface area contributed by atoms with Crippen LogP contribution in [-0.2, 0) is 9.59 Å². The summed E-state index contributed by atoms with van der Waals surface area (Å²) in [4.78, 5) is 29.1. The van der Waals surface area contributed by atoms with Crippen LogP contribution in [0, 0.1) is 0 Å². The van der Waals surface area contributed by atoms with Crippen LogP contribution in [-0.4, -0.2) is 41.3 Å².